The largest absolute Gasteiger partial charge is 0.490 e. The molecule has 1 spiro atoms. The van der Waals surface area contributed by atoms with Crippen LogP contribution in [0.25, 0.3) is 0 Å². The Morgan fingerprint density at radius 3 is 2.74 bits per heavy atom. The van der Waals surface area contributed by atoms with Crippen molar-refractivity contribution in [2.75, 3.05) is 19.8 Å². The first kappa shape index (κ1) is 17.8. The molecule has 0 radical (unpaired) electrons. The SMILES string of the molecule is CC1CCCCC12NC(=O)N(CC(=O)c1ccc3c(c1)OCCCO3)C2=O. The predicted octanol–water partition coefficient (Wildman–Crippen LogP) is 2.53. The number of hydrogen-bond donors (Lipinski definition) is 1. The fraction of sp³-hybridized carbons (Fsp3) is 0.550. The van der Waals surface area contributed by atoms with E-state index in [-0.39, 0.29) is 24.2 Å². The first-order valence-electron chi connectivity index (χ1n) is 9.58. The van der Waals surface area contributed by atoms with Gasteiger partial charge in [0.2, 0.25) is 0 Å². The zero-order valence-corrected chi connectivity index (χ0v) is 15.5. The fourth-order valence-electron chi connectivity index (χ4n) is 4.21. The molecule has 2 atom stereocenters. The molecule has 2 aliphatic heterocycles. The van der Waals surface area contributed by atoms with E-state index in [4.69, 9.17) is 9.47 Å². The molecule has 3 amide bonds. The second-order valence-corrected chi connectivity index (χ2v) is 7.57. The van der Waals surface area contributed by atoms with Gasteiger partial charge in [-0.05, 0) is 37.0 Å². The van der Waals surface area contributed by atoms with E-state index >= 15 is 0 Å². The molecule has 0 bridgehead atoms. The van der Waals surface area contributed by atoms with E-state index in [0.717, 1.165) is 30.6 Å². The van der Waals surface area contributed by atoms with Crippen LogP contribution < -0.4 is 14.8 Å². The molecule has 144 valence electrons. The number of urea groups is 1. The third-order valence-electron chi connectivity index (χ3n) is 5.87. The van der Waals surface area contributed by atoms with Gasteiger partial charge in [0, 0.05) is 12.0 Å². The number of fused-ring (bicyclic) bond motifs is 1. The van der Waals surface area contributed by atoms with E-state index in [9.17, 15) is 14.4 Å². The van der Waals surface area contributed by atoms with E-state index in [1.165, 1.54) is 0 Å². The zero-order valence-electron chi connectivity index (χ0n) is 15.5. The maximum absolute atomic E-state index is 13.0. The van der Waals surface area contributed by atoms with Gasteiger partial charge in [-0.1, -0.05) is 19.8 Å². The maximum Gasteiger partial charge on any atom is 0.325 e. The summed E-state index contributed by atoms with van der Waals surface area (Å²) in [6.45, 7) is 2.83. The topological polar surface area (TPSA) is 84.9 Å². The van der Waals surface area contributed by atoms with Crippen molar-refractivity contribution >= 4 is 17.7 Å². The zero-order chi connectivity index (χ0) is 19.0. The Balaban J connectivity index is 1.52. The third kappa shape index (κ3) is 3.05. The van der Waals surface area contributed by atoms with Gasteiger partial charge in [-0.2, -0.15) is 0 Å². The molecule has 27 heavy (non-hydrogen) atoms. The van der Waals surface area contributed by atoms with Gasteiger partial charge in [-0.15, -0.1) is 0 Å². The van der Waals surface area contributed by atoms with Crippen molar-refractivity contribution in [2.24, 2.45) is 5.92 Å². The number of hydrogen-bond acceptors (Lipinski definition) is 5. The summed E-state index contributed by atoms with van der Waals surface area (Å²) in [4.78, 5) is 39.2. The summed E-state index contributed by atoms with van der Waals surface area (Å²) >= 11 is 0. The number of Topliss-reactive ketones (excluding diaryl/α,β-unsaturated/α-hetero) is 1. The Labute approximate surface area is 158 Å². The summed E-state index contributed by atoms with van der Waals surface area (Å²) in [5.74, 6) is 0.625. The van der Waals surface area contributed by atoms with E-state index in [1.54, 1.807) is 18.2 Å². The van der Waals surface area contributed by atoms with Crippen LogP contribution in [-0.4, -0.2) is 47.9 Å². The highest BCUT2D eigenvalue weighted by Crippen LogP contribution is 2.38. The molecule has 0 aromatic heterocycles. The van der Waals surface area contributed by atoms with E-state index in [1.807, 2.05) is 6.92 Å². The highest BCUT2D eigenvalue weighted by atomic mass is 16.5. The van der Waals surface area contributed by atoms with Crippen LogP contribution >= 0.6 is 0 Å². The summed E-state index contributed by atoms with van der Waals surface area (Å²) in [6.07, 6.45) is 4.27. The fourth-order valence-corrected chi connectivity index (χ4v) is 4.21. The number of amides is 3. The number of carbonyl (C=O) groups excluding carboxylic acids is 3. The summed E-state index contributed by atoms with van der Waals surface area (Å²) in [5.41, 5.74) is -0.446. The Kier molecular flexibility index (Phi) is 4.53. The lowest BCUT2D eigenvalue weighted by atomic mass is 9.73. The number of ether oxygens (including phenoxy) is 2. The Bertz CT molecular complexity index is 793. The van der Waals surface area contributed by atoms with Crippen LogP contribution in [0.1, 0.15) is 49.4 Å². The van der Waals surface area contributed by atoms with Gasteiger partial charge in [-0.25, -0.2) is 4.79 Å². The molecule has 4 rings (SSSR count). The van der Waals surface area contributed by atoms with Crippen LogP contribution in [0.15, 0.2) is 18.2 Å². The van der Waals surface area contributed by atoms with Gasteiger partial charge in [0.1, 0.15) is 5.54 Å². The lowest BCUT2D eigenvalue weighted by Crippen LogP contribution is -2.54. The molecule has 1 aromatic rings. The van der Waals surface area contributed by atoms with E-state index in [2.05, 4.69) is 5.32 Å². The summed E-state index contributed by atoms with van der Waals surface area (Å²) in [5, 5.41) is 2.87. The maximum atomic E-state index is 13.0. The first-order valence-corrected chi connectivity index (χ1v) is 9.58. The number of rotatable bonds is 3. The molecule has 2 heterocycles. The Morgan fingerprint density at radius 2 is 1.96 bits per heavy atom. The van der Waals surface area contributed by atoms with Gasteiger partial charge < -0.3 is 14.8 Å². The predicted molar refractivity (Wildman–Crippen MR) is 97.0 cm³/mol. The minimum absolute atomic E-state index is 0.0702. The molecule has 1 saturated carbocycles. The van der Waals surface area contributed by atoms with Crippen molar-refractivity contribution in [1.82, 2.24) is 10.2 Å². The molecule has 7 nitrogen and oxygen atoms in total. The van der Waals surface area contributed by atoms with Crippen LogP contribution in [0.3, 0.4) is 0 Å². The second-order valence-electron chi connectivity index (χ2n) is 7.57. The van der Waals surface area contributed by atoms with Crippen molar-refractivity contribution in [3.63, 3.8) is 0 Å². The minimum atomic E-state index is -0.847. The van der Waals surface area contributed by atoms with Crippen molar-refractivity contribution in [2.45, 2.75) is 44.6 Å². The molecule has 2 fully saturated rings. The van der Waals surface area contributed by atoms with Crippen LogP contribution in [0.5, 0.6) is 11.5 Å². The Morgan fingerprint density at radius 1 is 1.19 bits per heavy atom. The summed E-state index contributed by atoms with van der Waals surface area (Å²) in [6, 6.07) is 4.49. The number of benzene rings is 1. The number of imide groups is 1. The molecule has 3 aliphatic rings. The molecule has 1 saturated heterocycles. The second kappa shape index (κ2) is 6.87. The molecule has 1 aliphatic carbocycles. The van der Waals surface area contributed by atoms with E-state index < -0.39 is 11.6 Å². The first-order chi connectivity index (χ1) is 13.0. The average molecular weight is 372 g/mol. The highest BCUT2D eigenvalue weighted by Gasteiger charge is 2.55. The molecule has 7 heteroatoms. The molecule has 2 unspecified atom stereocenters. The summed E-state index contributed by atoms with van der Waals surface area (Å²) in [7, 11) is 0. The number of nitrogens with zero attached hydrogens (tertiary/aromatic N) is 1. The highest BCUT2D eigenvalue weighted by molar-refractivity contribution is 6.11. The van der Waals surface area contributed by atoms with Crippen molar-refractivity contribution in [3.05, 3.63) is 23.8 Å². The standard InChI is InChI=1S/C20H24N2O5/c1-13-5-2-3-8-20(13)18(24)22(19(25)21-20)12-15(23)14-6-7-16-17(11-14)27-10-4-9-26-16/h6-7,11,13H,2-5,8-10,12H2,1H3,(H,21,25). The van der Waals surface area contributed by atoms with Gasteiger partial charge in [-0.3, -0.25) is 14.5 Å². The minimum Gasteiger partial charge on any atom is -0.490 e. The van der Waals surface area contributed by atoms with Crippen LogP contribution in [0.4, 0.5) is 4.79 Å². The normalized spacial score (nSPS) is 27.4. The Hall–Kier alpha value is -2.57. The van der Waals surface area contributed by atoms with Gasteiger partial charge in [0.05, 0.1) is 19.8 Å². The van der Waals surface area contributed by atoms with Crippen LogP contribution in [-0.2, 0) is 4.79 Å². The molecular weight excluding hydrogens is 348 g/mol. The van der Waals surface area contributed by atoms with E-state index in [0.29, 0.717) is 36.7 Å². The van der Waals surface area contributed by atoms with Gasteiger partial charge in [0.25, 0.3) is 5.91 Å². The third-order valence-corrected chi connectivity index (χ3v) is 5.87. The van der Waals surface area contributed by atoms with Gasteiger partial charge >= 0.3 is 6.03 Å². The lowest BCUT2D eigenvalue weighted by Gasteiger charge is -2.36. The van der Waals surface area contributed by atoms with Crippen LogP contribution in [0.2, 0.25) is 0 Å². The molecular formula is C20H24N2O5. The van der Waals surface area contributed by atoms with Crippen molar-refractivity contribution in [1.29, 1.82) is 0 Å². The number of ketones is 1. The quantitative estimate of drug-likeness (QED) is 0.651. The van der Waals surface area contributed by atoms with Gasteiger partial charge in [0.15, 0.2) is 17.3 Å². The monoisotopic (exact) mass is 372 g/mol. The summed E-state index contributed by atoms with van der Waals surface area (Å²) < 4.78 is 11.2. The smallest absolute Gasteiger partial charge is 0.325 e. The lowest BCUT2D eigenvalue weighted by molar-refractivity contribution is -0.133. The molecule has 1 aromatic carbocycles. The number of nitrogens with one attached hydrogen (secondary N) is 1. The molecule has 1 N–H and O–H groups in total. The number of carbonyl (C=O) groups is 3. The van der Waals surface area contributed by atoms with Crippen molar-refractivity contribution in [3.8, 4) is 11.5 Å². The average Bonchev–Trinajstić information content (AvgIpc) is 2.83. The van der Waals surface area contributed by atoms with Crippen molar-refractivity contribution < 1.29 is 23.9 Å². The van der Waals surface area contributed by atoms with Crippen LogP contribution in [0, 0.1) is 5.92 Å².